The van der Waals surface area contributed by atoms with Gasteiger partial charge in [-0.15, -0.1) is 0 Å². The number of phenols is 1. The van der Waals surface area contributed by atoms with Crippen molar-refractivity contribution in [1.82, 2.24) is 9.80 Å². The fraction of sp³-hybridized carbons (Fsp3) is 0.415. The summed E-state index contributed by atoms with van der Waals surface area (Å²) in [6.45, 7) is 4.89. The zero-order valence-corrected chi connectivity index (χ0v) is 29.9. The molecule has 10 heteroatoms. The van der Waals surface area contributed by atoms with E-state index >= 15 is 0 Å². The average Bonchev–Trinajstić information content (AvgIpc) is 3.39. The molecule has 3 fully saturated rings. The van der Waals surface area contributed by atoms with Crippen molar-refractivity contribution in [1.29, 1.82) is 0 Å². The van der Waals surface area contributed by atoms with Crippen LogP contribution in [0.1, 0.15) is 56.6 Å². The summed E-state index contributed by atoms with van der Waals surface area (Å²) < 4.78 is 12.6. The summed E-state index contributed by atoms with van der Waals surface area (Å²) >= 11 is 6.43. The molecule has 0 bridgehead atoms. The second-order valence-corrected chi connectivity index (χ2v) is 14.8. The third-order valence-corrected chi connectivity index (χ3v) is 11.5. The predicted octanol–water partition coefficient (Wildman–Crippen LogP) is 7.16. The fourth-order valence-electron chi connectivity index (χ4n) is 8.67. The molecule has 3 aromatic carbocycles. The van der Waals surface area contributed by atoms with Gasteiger partial charge >= 0.3 is 7.12 Å². The van der Waals surface area contributed by atoms with Crippen LogP contribution < -0.4 is 4.74 Å². The monoisotopic (exact) mass is 708 g/mol. The summed E-state index contributed by atoms with van der Waals surface area (Å²) in [6, 6.07) is 24.8. The van der Waals surface area contributed by atoms with Crippen LogP contribution in [0, 0.1) is 17.8 Å². The summed E-state index contributed by atoms with van der Waals surface area (Å²) in [7, 11) is -1.04. The molecule has 4 aliphatic rings. The summed E-state index contributed by atoms with van der Waals surface area (Å²) in [5, 5.41) is 21.4. The highest BCUT2D eigenvalue weighted by Crippen LogP contribution is 2.51. The van der Waals surface area contributed by atoms with Gasteiger partial charge in [-0.25, -0.2) is 0 Å². The van der Waals surface area contributed by atoms with Crippen LogP contribution in [0.4, 0.5) is 0 Å². The number of nitrogens with zero attached hydrogens (tertiary/aromatic N) is 2. The quantitative estimate of drug-likeness (QED) is 0.124. The number of amides is 2. The van der Waals surface area contributed by atoms with Gasteiger partial charge in [-0.1, -0.05) is 78.7 Å². The molecule has 2 N–H and O–H groups in total. The molecule has 3 heterocycles. The number of benzene rings is 3. The van der Waals surface area contributed by atoms with Gasteiger partial charge in [-0.2, -0.15) is 0 Å². The molecule has 51 heavy (non-hydrogen) atoms. The number of carbonyl (C=O) groups excluding carboxylic acids is 2. The lowest BCUT2D eigenvalue weighted by molar-refractivity contribution is -0.144. The maximum absolute atomic E-state index is 14.4. The van der Waals surface area contributed by atoms with Crippen molar-refractivity contribution in [2.45, 2.75) is 70.5 Å². The van der Waals surface area contributed by atoms with Crippen molar-refractivity contribution in [2.24, 2.45) is 17.8 Å². The first-order chi connectivity index (χ1) is 24.8. The Labute approximate surface area is 305 Å². The minimum atomic E-state index is -1.04. The molecular formula is C41H46BClN2O6. The number of para-hydroxylation sites is 1. The number of likely N-dealkylation sites (tertiary alicyclic amines) is 2. The SMILES string of the molecule is CC/C(=C\c1ccc(O)cc1Cl)CC[C@H]1OB(O)C[C@H]2C1=C(COc1ccccc1)C[C@H]1C(=O)N(C3CCN(Cc4ccccc4)CC3)C(=O)[C@H]12. The number of allylic oxidation sites excluding steroid dienone is 1. The highest BCUT2D eigenvalue weighted by Gasteiger charge is 2.58. The minimum Gasteiger partial charge on any atom is -0.508 e. The Hall–Kier alpha value is -3.89. The maximum Gasteiger partial charge on any atom is 0.455 e. The van der Waals surface area contributed by atoms with Gasteiger partial charge in [-0.3, -0.25) is 19.4 Å². The summed E-state index contributed by atoms with van der Waals surface area (Å²) in [6.07, 6.45) is 5.89. The third kappa shape index (κ3) is 7.82. The zero-order valence-electron chi connectivity index (χ0n) is 29.1. The Bertz CT molecular complexity index is 1780. The van der Waals surface area contributed by atoms with Crippen LogP contribution >= 0.6 is 11.6 Å². The second-order valence-electron chi connectivity index (χ2n) is 14.4. The Kier molecular flexibility index (Phi) is 11.0. The normalized spacial score (nSPS) is 24.6. The highest BCUT2D eigenvalue weighted by molar-refractivity contribution is 6.43. The molecular weight excluding hydrogens is 663 g/mol. The van der Waals surface area contributed by atoms with Crippen LogP contribution in [-0.2, 0) is 20.8 Å². The number of piperidine rings is 1. The third-order valence-electron chi connectivity index (χ3n) is 11.2. The van der Waals surface area contributed by atoms with Crippen molar-refractivity contribution < 1.29 is 29.1 Å². The first-order valence-electron chi connectivity index (χ1n) is 18.3. The van der Waals surface area contributed by atoms with Crippen molar-refractivity contribution in [3.8, 4) is 11.5 Å². The number of phenolic OH excluding ortho intramolecular Hbond substituents is 1. The number of hydrogen-bond acceptors (Lipinski definition) is 7. The molecule has 0 radical (unpaired) electrons. The van der Waals surface area contributed by atoms with Gasteiger partial charge in [0, 0.05) is 25.7 Å². The number of rotatable bonds is 11. The van der Waals surface area contributed by atoms with E-state index in [1.165, 1.54) is 11.6 Å². The second kappa shape index (κ2) is 15.8. The smallest absolute Gasteiger partial charge is 0.455 e. The number of aromatic hydroxyl groups is 1. The lowest BCUT2D eigenvalue weighted by Crippen LogP contribution is -2.48. The van der Waals surface area contributed by atoms with E-state index in [0.717, 1.165) is 66.9 Å². The van der Waals surface area contributed by atoms with Gasteiger partial charge in [-0.05, 0) is 103 Å². The van der Waals surface area contributed by atoms with Crippen LogP contribution in [0.3, 0.4) is 0 Å². The number of hydrogen-bond donors (Lipinski definition) is 2. The minimum absolute atomic E-state index is 0.0812. The number of imide groups is 1. The summed E-state index contributed by atoms with van der Waals surface area (Å²) in [5.74, 6) is -0.636. The largest absolute Gasteiger partial charge is 0.508 e. The highest BCUT2D eigenvalue weighted by atomic mass is 35.5. The lowest BCUT2D eigenvalue weighted by atomic mass is 9.58. The molecule has 4 atom stereocenters. The molecule has 3 aromatic rings. The molecule has 0 saturated carbocycles. The topological polar surface area (TPSA) is 99.5 Å². The maximum atomic E-state index is 14.4. The van der Waals surface area contributed by atoms with Crippen molar-refractivity contribution in [2.75, 3.05) is 19.7 Å². The standard InChI is InChI=1S/C41H46BClN2O6/c1-2-27(21-29-14-15-32(46)23-36(29)43)13-16-37-38-30(26-50-33-11-7-4-8-12-33)22-34-39(35(38)24-42(49)51-37)41(48)45(40(34)47)31-17-19-44(20-18-31)25-28-9-5-3-6-10-28/h3-12,14-15,21,23,31,34-35,37,39,46,49H,2,13,16-20,22,24-26H2,1H3/b27-21+/t34-,35+,37-,39-/m1/s1. The van der Waals surface area contributed by atoms with Crippen LogP contribution in [0.5, 0.6) is 11.5 Å². The number of halogens is 1. The van der Waals surface area contributed by atoms with Gasteiger partial charge in [0.05, 0.1) is 23.0 Å². The van der Waals surface area contributed by atoms with E-state index in [-0.39, 0.29) is 42.5 Å². The Balaban J connectivity index is 1.12. The molecule has 0 unspecified atom stereocenters. The van der Waals surface area contributed by atoms with Crippen LogP contribution in [-0.4, -0.2) is 70.7 Å². The number of carbonyl (C=O) groups is 2. The first kappa shape index (κ1) is 35.5. The van der Waals surface area contributed by atoms with E-state index in [1.807, 2.05) is 42.5 Å². The molecule has 0 spiro atoms. The van der Waals surface area contributed by atoms with E-state index in [0.29, 0.717) is 24.3 Å². The average molecular weight is 709 g/mol. The predicted molar refractivity (Wildman–Crippen MR) is 199 cm³/mol. The first-order valence-corrected chi connectivity index (χ1v) is 18.7. The fourth-order valence-corrected chi connectivity index (χ4v) is 8.90. The lowest BCUT2D eigenvalue weighted by Gasteiger charge is -2.43. The van der Waals surface area contributed by atoms with E-state index in [4.69, 9.17) is 21.0 Å². The van der Waals surface area contributed by atoms with Gasteiger partial charge in [0.1, 0.15) is 18.1 Å². The zero-order chi connectivity index (χ0) is 35.5. The van der Waals surface area contributed by atoms with Crippen molar-refractivity contribution in [3.05, 3.63) is 112 Å². The summed E-state index contributed by atoms with van der Waals surface area (Å²) in [4.78, 5) is 32.7. The Morgan fingerprint density at radius 2 is 1.73 bits per heavy atom. The Morgan fingerprint density at radius 3 is 2.43 bits per heavy atom. The van der Waals surface area contributed by atoms with Gasteiger partial charge in [0.25, 0.3) is 0 Å². The molecule has 266 valence electrons. The van der Waals surface area contributed by atoms with Gasteiger partial charge < -0.3 is 19.5 Å². The summed E-state index contributed by atoms with van der Waals surface area (Å²) in [5.41, 5.74) is 5.24. The van der Waals surface area contributed by atoms with Crippen molar-refractivity contribution in [3.63, 3.8) is 0 Å². The Morgan fingerprint density at radius 1 is 1.00 bits per heavy atom. The van der Waals surface area contributed by atoms with E-state index in [1.54, 1.807) is 17.0 Å². The van der Waals surface area contributed by atoms with Crippen LogP contribution in [0.2, 0.25) is 11.3 Å². The van der Waals surface area contributed by atoms with Gasteiger partial charge in [0.2, 0.25) is 11.8 Å². The molecule has 3 aliphatic heterocycles. The van der Waals surface area contributed by atoms with Crippen molar-refractivity contribution >= 4 is 36.6 Å². The molecule has 3 saturated heterocycles. The van der Waals surface area contributed by atoms with E-state index < -0.39 is 25.1 Å². The van der Waals surface area contributed by atoms with Crippen LogP contribution in [0.15, 0.2) is 95.6 Å². The number of ether oxygens (including phenoxy) is 1. The van der Waals surface area contributed by atoms with E-state index in [9.17, 15) is 19.7 Å². The molecule has 8 nitrogen and oxygen atoms in total. The molecule has 2 amide bonds. The molecule has 7 rings (SSSR count). The van der Waals surface area contributed by atoms with E-state index in [2.05, 4.69) is 36.1 Å². The molecule has 0 aromatic heterocycles. The van der Waals surface area contributed by atoms with Crippen LogP contribution in [0.25, 0.3) is 6.08 Å². The van der Waals surface area contributed by atoms with Gasteiger partial charge in [0.15, 0.2) is 0 Å². The molecule has 1 aliphatic carbocycles. The number of fused-ring (bicyclic) bond motifs is 3.